The average Bonchev–Trinajstić information content (AvgIpc) is 3.00. The molecule has 0 amide bonds. The number of rotatable bonds is 5. The second kappa shape index (κ2) is 4.44. The number of nitrogens with two attached hydrogens (primary N) is 1. The Morgan fingerprint density at radius 1 is 1.42 bits per heavy atom. The normalized spacial score (nSPS) is 17.2. The van der Waals surface area contributed by atoms with Crippen LogP contribution < -0.4 is 5.73 Å². The maximum absolute atomic E-state index is 6.12. The molecule has 0 unspecified atom stereocenters. The minimum absolute atomic E-state index is 0.372. The lowest BCUT2D eigenvalue weighted by molar-refractivity contribution is 0.651. The first kappa shape index (κ1) is 12.8. The van der Waals surface area contributed by atoms with Crippen LogP contribution in [0, 0.1) is 0 Å². The predicted octanol–water partition coefficient (Wildman–Crippen LogP) is 2.20. The van der Waals surface area contributed by atoms with E-state index in [1.807, 2.05) is 23.5 Å². The maximum Gasteiger partial charge on any atom is 0.202 e. The Morgan fingerprint density at radius 2 is 2.16 bits per heavy atom. The third kappa shape index (κ3) is 2.02. The number of anilines is 1. The molecule has 0 radical (unpaired) electrons. The molecule has 1 fully saturated rings. The molecule has 3 rings (SSSR count). The van der Waals surface area contributed by atoms with E-state index in [0.717, 1.165) is 36.2 Å². The topological polar surface area (TPSA) is 61.7 Å². The van der Waals surface area contributed by atoms with Gasteiger partial charge in [0.15, 0.2) is 5.65 Å². The van der Waals surface area contributed by atoms with Crippen molar-refractivity contribution in [1.29, 1.82) is 0 Å². The largest absolute Gasteiger partial charge is 0.369 e. The molecule has 2 aromatic rings. The van der Waals surface area contributed by atoms with Gasteiger partial charge in [-0.3, -0.25) is 9.25 Å². The van der Waals surface area contributed by atoms with Crippen molar-refractivity contribution in [2.75, 3.05) is 12.0 Å². The van der Waals surface area contributed by atoms with E-state index in [4.69, 9.17) is 5.73 Å². The highest BCUT2D eigenvalue weighted by Gasteiger charge is 2.43. The molecule has 1 aliphatic rings. The fourth-order valence-electron chi connectivity index (χ4n) is 2.67. The Kier molecular flexibility index (Phi) is 3.00. The molecule has 0 atom stereocenters. The van der Waals surface area contributed by atoms with E-state index in [0.29, 0.717) is 10.7 Å². The molecule has 19 heavy (non-hydrogen) atoms. The standard InChI is InChI=1S/C13H21N5S/c1-4-5-9-10-11(17(2)16-9)18(12(14)15-10)8-13(19-3)6-7-13/h4-8H2,1-3H3,(H2,14,15). The highest BCUT2D eigenvalue weighted by atomic mass is 32.2. The Balaban J connectivity index is 2.06. The van der Waals surface area contributed by atoms with Gasteiger partial charge in [-0.2, -0.15) is 16.9 Å². The molecule has 0 saturated heterocycles. The molecular weight excluding hydrogens is 258 g/mol. The van der Waals surface area contributed by atoms with Crippen LogP contribution in [0.25, 0.3) is 11.2 Å². The summed E-state index contributed by atoms with van der Waals surface area (Å²) in [5.74, 6) is 0.626. The Hall–Kier alpha value is -1.17. The van der Waals surface area contributed by atoms with Gasteiger partial charge in [-0.25, -0.2) is 4.98 Å². The second-order valence-corrected chi connectivity index (χ2v) is 6.71. The van der Waals surface area contributed by atoms with E-state index in [9.17, 15) is 0 Å². The van der Waals surface area contributed by atoms with Crippen LogP contribution in [0.15, 0.2) is 0 Å². The Morgan fingerprint density at radius 3 is 2.74 bits per heavy atom. The third-order valence-corrected chi connectivity index (χ3v) is 5.40. The van der Waals surface area contributed by atoms with E-state index >= 15 is 0 Å². The predicted molar refractivity (Wildman–Crippen MR) is 80.4 cm³/mol. The van der Waals surface area contributed by atoms with E-state index in [-0.39, 0.29) is 0 Å². The smallest absolute Gasteiger partial charge is 0.202 e. The Bertz CT molecular complexity index is 608. The number of nitrogens with zero attached hydrogens (tertiary/aromatic N) is 4. The van der Waals surface area contributed by atoms with Gasteiger partial charge in [0, 0.05) is 18.3 Å². The van der Waals surface area contributed by atoms with Crippen LogP contribution in [-0.2, 0) is 20.0 Å². The number of thioether (sulfide) groups is 1. The van der Waals surface area contributed by atoms with Gasteiger partial charge in [0.2, 0.25) is 5.95 Å². The quantitative estimate of drug-likeness (QED) is 0.911. The summed E-state index contributed by atoms with van der Waals surface area (Å²) in [6, 6.07) is 0. The summed E-state index contributed by atoms with van der Waals surface area (Å²) in [5.41, 5.74) is 9.25. The maximum atomic E-state index is 6.12. The van der Waals surface area contributed by atoms with Gasteiger partial charge in [-0.05, 0) is 25.5 Å². The van der Waals surface area contributed by atoms with Crippen LogP contribution in [0.4, 0.5) is 5.95 Å². The number of aromatic nitrogens is 4. The van der Waals surface area contributed by atoms with Crippen LogP contribution in [0.3, 0.4) is 0 Å². The van der Waals surface area contributed by atoms with E-state index in [1.165, 1.54) is 12.8 Å². The van der Waals surface area contributed by atoms with Crippen molar-refractivity contribution in [2.24, 2.45) is 7.05 Å². The summed E-state index contributed by atoms with van der Waals surface area (Å²) in [6.45, 7) is 3.11. The van der Waals surface area contributed by atoms with Gasteiger partial charge in [0.1, 0.15) is 5.52 Å². The SMILES string of the molecule is CCCc1nn(C)c2c1nc(N)n2CC1(SC)CC1. The average molecular weight is 279 g/mol. The molecule has 1 saturated carbocycles. The van der Waals surface area contributed by atoms with E-state index < -0.39 is 0 Å². The van der Waals surface area contributed by atoms with Gasteiger partial charge in [-0.15, -0.1) is 0 Å². The first-order valence-electron chi connectivity index (χ1n) is 6.83. The summed E-state index contributed by atoms with van der Waals surface area (Å²) < 4.78 is 4.45. The molecule has 6 heteroatoms. The van der Waals surface area contributed by atoms with Crippen molar-refractivity contribution >= 4 is 28.9 Å². The molecule has 2 heterocycles. The van der Waals surface area contributed by atoms with Crippen LogP contribution in [-0.4, -0.2) is 30.3 Å². The summed E-state index contributed by atoms with van der Waals surface area (Å²) in [4.78, 5) is 4.55. The fourth-order valence-corrected chi connectivity index (χ4v) is 3.44. The van der Waals surface area contributed by atoms with Crippen molar-refractivity contribution in [1.82, 2.24) is 19.3 Å². The zero-order valence-corrected chi connectivity index (χ0v) is 12.6. The minimum atomic E-state index is 0.372. The Labute approximate surface area is 117 Å². The summed E-state index contributed by atoms with van der Waals surface area (Å²) in [5, 5.41) is 4.59. The van der Waals surface area contributed by atoms with Crippen LogP contribution in [0.1, 0.15) is 31.9 Å². The molecule has 1 aliphatic carbocycles. The van der Waals surface area contributed by atoms with Gasteiger partial charge in [0.05, 0.1) is 5.69 Å². The van der Waals surface area contributed by atoms with Crippen molar-refractivity contribution in [3.8, 4) is 0 Å². The molecule has 0 spiro atoms. The highest BCUT2D eigenvalue weighted by molar-refractivity contribution is 8.00. The number of imidazole rings is 1. The van der Waals surface area contributed by atoms with Crippen molar-refractivity contribution in [3.63, 3.8) is 0 Å². The lowest BCUT2D eigenvalue weighted by atomic mass is 10.2. The van der Waals surface area contributed by atoms with Crippen molar-refractivity contribution < 1.29 is 0 Å². The first-order valence-corrected chi connectivity index (χ1v) is 8.05. The third-order valence-electron chi connectivity index (χ3n) is 3.99. The van der Waals surface area contributed by atoms with Crippen LogP contribution in [0.2, 0.25) is 0 Å². The first-order chi connectivity index (χ1) is 9.10. The summed E-state index contributed by atoms with van der Waals surface area (Å²) in [7, 11) is 1.98. The minimum Gasteiger partial charge on any atom is -0.369 e. The molecule has 2 aromatic heterocycles. The van der Waals surface area contributed by atoms with Crippen molar-refractivity contribution in [3.05, 3.63) is 5.69 Å². The molecule has 104 valence electrons. The molecule has 0 bridgehead atoms. The van der Waals surface area contributed by atoms with E-state index in [2.05, 4.69) is 27.8 Å². The lowest BCUT2D eigenvalue weighted by Crippen LogP contribution is -2.17. The number of hydrogen-bond donors (Lipinski definition) is 1. The van der Waals surface area contributed by atoms with Gasteiger partial charge >= 0.3 is 0 Å². The number of hydrogen-bond acceptors (Lipinski definition) is 4. The molecule has 2 N–H and O–H groups in total. The molecule has 0 aromatic carbocycles. The highest BCUT2D eigenvalue weighted by Crippen LogP contribution is 2.49. The number of aryl methyl sites for hydroxylation is 2. The van der Waals surface area contributed by atoms with E-state index in [1.54, 1.807) is 0 Å². The van der Waals surface area contributed by atoms with Gasteiger partial charge < -0.3 is 5.73 Å². The van der Waals surface area contributed by atoms with Gasteiger partial charge in [-0.1, -0.05) is 13.3 Å². The van der Waals surface area contributed by atoms with Crippen LogP contribution >= 0.6 is 11.8 Å². The molecule has 5 nitrogen and oxygen atoms in total. The fraction of sp³-hybridized carbons (Fsp3) is 0.692. The van der Waals surface area contributed by atoms with Gasteiger partial charge in [0.25, 0.3) is 0 Å². The van der Waals surface area contributed by atoms with Crippen molar-refractivity contribution in [2.45, 2.75) is 43.9 Å². The molecule has 0 aliphatic heterocycles. The lowest BCUT2D eigenvalue weighted by Gasteiger charge is -2.14. The zero-order chi connectivity index (χ0) is 13.6. The second-order valence-electron chi connectivity index (χ2n) is 5.44. The van der Waals surface area contributed by atoms with Crippen LogP contribution in [0.5, 0.6) is 0 Å². The summed E-state index contributed by atoms with van der Waals surface area (Å²) in [6.07, 6.45) is 6.76. The number of nitrogen functional groups attached to an aromatic ring is 1. The molecular formula is C13H21N5S. The zero-order valence-electron chi connectivity index (χ0n) is 11.8. The number of fused-ring (bicyclic) bond motifs is 1. The monoisotopic (exact) mass is 279 g/mol. The summed E-state index contributed by atoms with van der Waals surface area (Å²) >= 11 is 1.94.